The molecule has 0 N–H and O–H groups in total. The van der Waals surface area contributed by atoms with Crippen LogP contribution in [0.5, 0.6) is 0 Å². The second-order valence-electron chi connectivity index (χ2n) is 4.09. The van der Waals surface area contributed by atoms with E-state index in [9.17, 15) is 4.79 Å². The molecule has 0 spiro atoms. The third-order valence-corrected chi connectivity index (χ3v) is 2.56. The molecule has 0 aliphatic carbocycles. The van der Waals surface area contributed by atoms with Gasteiger partial charge in [-0.1, -0.05) is 36.4 Å². The highest BCUT2D eigenvalue weighted by atomic mass is 16.5. The first-order valence-corrected chi connectivity index (χ1v) is 6.05. The van der Waals surface area contributed by atoms with E-state index in [0.29, 0.717) is 6.61 Å². The third-order valence-electron chi connectivity index (χ3n) is 2.56. The summed E-state index contributed by atoms with van der Waals surface area (Å²) in [4.78, 5) is 10.5. The van der Waals surface area contributed by atoms with E-state index < -0.39 is 0 Å². The minimum atomic E-state index is -0.194. The molecule has 0 bridgehead atoms. The standard InChI is InChI=1S/C15H20O2/c1-13-9-6-7-11-15(13)10-5-3-4-8-12-17-14(2)16/h5-7,9-11H,3-4,8,12H2,1-2H3/b10-5+. The molecule has 0 unspecified atom stereocenters. The summed E-state index contributed by atoms with van der Waals surface area (Å²) in [6, 6.07) is 8.32. The summed E-state index contributed by atoms with van der Waals surface area (Å²) >= 11 is 0. The van der Waals surface area contributed by atoms with Gasteiger partial charge in [-0.15, -0.1) is 0 Å². The van der Waals surface area contributed by atoms with Gasteiger partial charge in [0.15, 0.2) is 0 Å². The van der Waals surface area contributed by atoms with E-state index in [1.165, 1.54) is 18.1 Å². The van der Waals surface area contributed by atoms with Crippen molar-refractivity contribution in [1.29, 1.82) is 0 Å². The van der Waals surface area contributed by atoms with Crippen LogP contribution in [0.3, 0.4) is 0 Å². The zero-order valence-electron chi connectivity index (χ0n) is 10.6. The maximum absolute atomic E-state index is 10.5. The minimum absolute atomic E-state index is 0.194. The summed E-state index contributed by atoms with van der Waals surface area (Å²) in [5, 5.41) is 0. The first-order chi connectivity index (χ1) is 8.20. The number of unbranched alkanes of at least 4 members (excludes halogenated alkanes) is 2. The average Bonchev–Trinajstić information content (AvgIpc) is 2.30. The highest BCUT2D eigenvalue weighted by molar-refractivity contribution is 5.65. The molecule has 2 nitrogen and oxygen atoms in total. The summed E-state index contributed by atoms with van der Waals surface area (Å²) < 4.78 is 4.86. The second-order valence-corrected chi connectivity index (χ2v) is 4.09. The number of allylic oxidation sites excluding steroid dienone is 1. The molecular weight excluding hydrogens is 212 g/mol. The van der Waals surface area contributed by atoms with E-state index in [4.69, 9.17) is 4.74 Å². The summed E-state index contributed by atoms with van der Waals surface area (Å²) in [6.07, 6.45) is 7.33. The lowest BCUT2D eigenvalue weighted by atomic mass is 10.1. The normalized spacial score (nSPS) is 10.7. The van der Waals surface area contributed by atoms with E-state index in [0.717, 1.165) is 19.3 Å². The molecule has 17 heavy (non-hydrogen) atoms. The fourth-order valence-corrected chi connectivity index (χ4v) is 1.56. The molecule has 1 rings (SSSR count). The topological polar surface area (TPSA) is 26.3 Å². The predicted molar refractivity (Wildman–Crippen MR) is 70.7 cm³/mol. The van der Waals surface area contributed by atoms with Gasteiger partial charge in [0.05, 0.1) is 6.61 Å². The molecule has 0 radical (unpaired) electrons. The van der Waals surface area contributed by atoms with Crippen molar-refractivity contribution < 1.29 is 9.53 Å². The van der Waals surface area contributed by atoms with Crippen LogP contribution in [0.2, 0.25) is 0 Å². The third kappa shape index (κ3) is 5.91. The zero-order chi connectivity index (χ0) is 12.5. The highest BCUT2D eigenvalue weighted by Gasteiger charge is 1.92. The largest absolute Gasteiger partial charge is 0.466 e. The van der Waals surface area contributed by atoms with Crippen LogP contribution in [0.15, 0.2) is 30.3 Å². The molecule has 0 saturated heterocycles. The lowest BCUT2D eigenvalue weighted by molar-refractivity contribution is -0.141. The van der Waals surface area contributed by atoms with Gasteiger partial charge in [0.2, 0.25) is 0 Å². The molecule has 0 fully saturated rings. The lowest BCUT2D eigenvalue weighted by Gasteiger charge is -2.00. The van der Waals surface area contributed by atoms with E-state index in [1.54, 1.807) is 0 Å². The SMILES string of the molecule is CC(=O)OCCCC/C=C/c1ccccc1C. The van der Waals surface area contributed by atoms with E-state index in [-0.39, 0.29) is 5.97 Å². The van der Waals surface area contributed by atoms with Crippen molar-refractivity contribution in [3.8, 4) is 0 Å². The lowest BCUT2D eigenvalue weighted by Crippen LogP contribution is -1.99. The Kier molecular flexibility index (Phi) is 6.08. The van der Waals surface area contributed by atoms with Gasteiger partial charge in [0, 0.05) is 6.92 Å². The van der Waals surface area contributed by atoms with Crippen molar-refractivity contribution in [1.82, 2.24) is 0 Å². The van der Waals surface area contributed by atoms with Crippen LogP contribution in [-0.2, 0) is 9.53 Å². The van der Waals surface area contributed by atoms with Crippen molar-refractivity contribution >= 4 is 12.0 Å². The molecule has 0 saturated carbocycles. The molecular formula is C15H20O2. The van der Waals surface area contributed by atoms with Crippen molar-refractivity contribution in [3.63, 3.8) is 0 Å². The number of ether oxygens (including phenoxy) is 1. The van der Waals surface area contributed by atoms with Gasteiger partial charge in [-0.05, 0) is 37.3 Å². The zero-order valence-corrected chi connectivity index (χ0v) is 10.6. The first-order valence-electron chi connectivity index (χ1n) is 6.05. The van der Waals surface area contributed by atoms with Crippen molar-refractivity contribution in [2.75, 3.05) is 6.61 Å². The van der Waals surface area contributed by atoms with E-state index >= 15 is 0 Å². The molecule has 0 amide bonds. The molecule has 92 valence electrons. The number of hydrogen-bond acceptors (Lipinski definition) is 2. The van der Waals surface area contributed by atoms with Crippen LogP contribution in [0.1, 0.15) is 37.3 Å². The van der Waals surface area contributed by atoms with Gasteiger partial charge in [-0.25, -0.2) is 0 Å². The maximum atomic E-state index is 10.5. The van der Waals surface area contributed by atoms with Crippen molar-refractivity contribution in [2.24, 2.45) is 0 Å². The minimum Gasteiger partial charge on any atom is -0.466 e. The van der Waals surface area contributed by atoms with Crippen molar-refractivity contribution in [2.45, 2.75) is 33.1 Å². The van der Waals surface area contributed by atoms with Gasteiger partial charge in [-0.3, -0.25) is 4.79 Å². The monoisotopic (exact) mass is 232 g/mol. The Balaban J connectivity index is 2.18. The molecule has 1 aromatic rings. The van der Waals surface area contributed by atoms with Gasteiger partial charge in [-0.2, -0.15) is 0 Å². The fraction of sp³-hybridized carbons (Fsp3) is 0.400. The molecule has 0 heterocycles. The Morgan fingerprint density at radius 1 is 1.29 bits per heavy atom. The Morgan fingerprint density at radius 3 is 2.76 bits per heavy atom. The molecule has 0 atom stereocenters. The van der Waals surface area contributed by atoms with E-state index in [2.05, 4.69) is 31.2 Å². The first kappa shape index (κ1) is 13.5. The molecule has 0 aromatic heterocycles. The van der Waals surface area contributed by atoms with Crippen molar-refractivity contribution in [3.05, 3.63) is 41.5 Å². The second kappa shape index (κ2) is 7.66. The van der Waals surface area contributed by atoms with Crippen LogP contribution < -0.4 is 0 Å². The Morgan fingerprint density at radius 2 is 2.06 bits per heavy atom. The quantitative estimate of drug-likeness (QED) is 0.551. The van der Waals surface area contributed by atoms with Gasteiger partial charge in [0.1, 0.15) is 0 Å². The average molecular weight is 232 g/mol. The number of carbonyl (C=O) groups excluding carboxylic acids is 1. The van der Waals surface area contributed by atoms with Crippen LogP contribution in [-0.4, -0.2) is 12.6 Å². The van der Waals surface area contributed by atoms with Gasteiger partial charge < -0.3 is 4.74 Å². The van der Waals surface area contributed by atoms with Gasteiger partial charge >= 0.3 is 5.97 Å². The molecule has 0 aliphatic rings. The smallest absolute Gasteiger partial charge is 0.302 e. The van der Waals surface area contributed by atoms with Crippen LogP contribution in [0, 0.1) is 6.92 Å². The Bertz CT molecular complexity index is 380. The maximum Gasteiger partial charge on any atom is 0.302 e. The fourth-order valence-electron chi connectivity index (χ4n) is 1.56. The summed E-state index contributed by atoms with van der Waals surface area (Å²) in [5.74, 6) is -0.194. The summed E-state index contributed by atoms with van der Waals surface area (Å²) in [7, 11) is 0. The summed E-state index contributed by atoms with van der Waals surface area (Å²) in [6.45, 7) is 4.09. The van der Waals surface area contributed by atoms with Crippen LogP contribution in [0.4, 0.5) is 0 Å². The number of benzene rings is 1. The predicted octanol–water partition coefficient (Wildman–Crippen LogP) is 3.74. The van der Waals surface area contributed by atoms with Crippen LogP contribution >= 0.6 is 0 Å². The summed E-state index contributed by atoms with van der Waals surface area (Å²) in [5.41, 5.74) is 2.57. The van der Waals surface area contributed by atoms with Gasteiger partial charge in [0.25, 0.3) is 0 Å². The number of hydrogen-bond donors (Lipinski definition) is 0. The molecule has 1 aromatic carbocycles. The molecule has 0 aliphatic heterocycles. The number of esters is 1. The molecule has 2 heteroatoms. The van der Waals surface area contributed by atoms with Crippen LogP contribution in [0.25, 0.3) is 6.08 Å². The number of carbonyl (C=O) groups is 1. The number of aryl methyl sites for hydroxylation is 1. The van der Waals surface area contributed by atoms with E-state index in [1.807, 2.05) is 12.1 Å². The Labute approximate surface area is 103 Å². The number of rotatable bonds is 6. The Hall–Kier alpha value is -1.57. The highest BCUT2D eigenvalue weighted by Crippen LogP contribution is 2.10.